The van der Waals surface area contributed by atoms with E-state index >= 15 is 0 Å². The van der Waals surface area contributed by atoms with Gasteiger partial charge in [0.05, 0.1) is 0 Å². The van der Waals surface area contributed by atoms with Crippen molar-refractivity contribution in [3.63, 3.8) is 0 Å². The zero-order chi connectivity index (χ0) is 17.2. The predicted octanol–water partition coefficient (Wildman–Crippen LogP) is 4.08. The van der Waals surface area contributed by atoms with Crippen LogP contribution in [0.2, 0.25) is 0 Å². The van der Waals surface area contributed by atoms with E-state index in [4.69, 9.17) is 0 Å². The molecule has 0 spiro atoms. The monoisotopic (exact) mass is 339 g/mol. The van der Waals surface area contributed by atoms with E-state index in [1.165, 1.54) is 42.7 Å². The molecule has 25 heavy (non-hydrogen) atoms. The number of hydrogen-bond acceptors (Lipinski definition) is 4. The quantitative estimate of drug-likeness (QED) is 0.853. The Morgan fingerprint density at radius 2 is 1.72 bits per heavy atom. The van der Waals surface area contributed by atoms with Gasteiger partial charge < -0.3 is 5.32 Å². The Bertz CT molecular complexity index is 782. The van der Waals surface area contributed by atoms with Gasteiger partial charge in [0.2, 0.25) is 11.6 Å². The van der Waals surface area contributed by atoms with Gasteiger partial charge in [0.15, 0.2) is 0 Å². The maximum atomic E-state index is 13.1. The molecule has 4 nitrogen and oxygen atoms in total. The summed E-state index contributed by atoms with van der Waals surface area (Å²) >= 11 is 0. The minimum atomic E-state index is -0.355. The van der Waals surface area contributed by atoms with Crippen molar-refractivity contribution in [2.45, 2.75) is 57.4 Å². The molecule has 2 aromatic rings. The second-order valence-corrected chi connectivity index (χ2v) is 6.99. The minimum Gasteiger partial charge on any atom is -0.367 e. The molecule has 2 aliphatic rings. The number of rotatable bonds is 4. The molecule has 1 saturated carbocycles. The fourth-order valence-electron chi connectivity index (χ4n) is 3.81. The van der Waals surface area contributed by atoms with Crippen LogP contribution in [0, 0.1) is 5.82 Å². The van der Waals surface area contributed by atoms with Crippen molar-refractivity contribution in [1.29, 1.82) is 0 Å². The Morgan fingerprint density at radius 3 is 2.48 bits per heavy atom. The summed E-state index contributed by atoms with van der Waals surface area (Å²) in [5, 5.41) is 3.56. The van der Waals surface area contributed by atoms with Gasteiger partial charge >= 0.3 is 0 Å². The second-order valence-electron chi connectivity index (χ2n) is 6.99. The van der Waals surface area contributed by atoms with E-state index in [2.05, 4.69) is 15.3 Å². The number of halogens is 1. The van der Waals surface area contributed by atoms with Crippen molar-refractivity contribution in [2.75, 3.05) is 5.32 Å². The van der Waals surface area contributed by atoms with E-state index in [-0.39, 0.29) is 17.4 Å². The van der Waals surface area contributed by atoms with Crippen LogP contribution in [0.1, 0.15) is 66.0 Å². The van der Waals surface area contributed by atoms with Gasteiger partial charge in [-0.25, -0.2) is 14.4 Å². The number of aromatic nitrogens is 2. The number of anilines is 1. The smallest absolute Gasteiger partial charge is 0.230 e. The Morgan fingerprint density at radius 1 is 1.00 bits per heavy atom. The molecule has 0 unspecified atom stereocenters. The average molecular weight is 339 g/mol. The van der Waals surface area contributed by atoms with Crippen LogP contribution >= 0.6 is 0 Å². The third-order valence-electron chi connectivity index (χ3n) is 5.19. The zero-order valence-corrected chi connectivity index (χ0v) is 14.2. The van der Waals surface area contributed by atoms with Gasteiger partial charge in [-0.1, -0.05) is 12.8 Å². The lowest BCUT2D eigenvalue weighted by Gasteiger charge is -2.22. The topological polar surface area (TPSA) is 54.9 Å². The summed E-state index contributed by atoms with van der Waals surface area (Å²) in [4.78, 5) is 21.9. The van der Waals surface area contributed by atoms with Crippen LogP contribution in [0.3, 0.4) is 0 Å². The lowest BCUT2D eigenvalue weighted by atomic mass is 9.95. The van der Waals surface area contributed by atoms with Gasteiger partial charge in [0.1, 0.15) is 11.6 Å². The van der Waals surface area contributed by atoms with Crippen LogP contribution in [0.15, 0.2) is 24.3 Å². The number of aryl methyl sites for hydroxylation is 1. The Balaban J connectivity index is 1.69. The zero-order valence-electron chi connectivity index (χ0n) is 14.2. The highest BCUT2D eigenvalue weighted by atomic mass is 19.1. The Labute approximate surface area is 146 Å². The van der Waals surface area contributed by atoms with Gasteiger partial charge in [0.25, 0.3) is 0 Å². The second kappa shape index (κ2) is 6.90. The highest BCUT2D eigenvalue weighted by Gasteiger charge is 2.24. The molecular formula is C20H22FN3O. The van der Waals surface area contributed by atoms with E-state index in [1.807, 2.05) is 0 Å². The minimum absolute atomic E-state index is 0.216. The molecule has 0 radical (unpaired) electrons. The van der Waals surface area contributed by atoms with E-state index in [0.29, 0.717) is 11.6 Å². The van der Waals surface area contributed by atoms with E-state index in [1.54, 1.807) is 0 Å². The van der Waals surface area contributed by atoms with Crippen LogP contribution in [0.25, 0.3) is 0 Å². The Kier molecular flexibility index (Phi) is 4.47. The predicted molar refractivity (Wildman–Crippen MR) is 94.4 cm³/mol. The van der Waals surface area contributed by atoms with Crippen molar-refractivity contribution in [3.05, 3.63) is 52.7 Å². The molecule has 0 bridgehead atoms. The van der Waals surface area contributed by atoms with Crippen molar-refractivity contribution >= 4 is 11.6 Å². The van der Waals surface area contributed by atoms with Crippen LogP contribution in [-0.2, 0) is 12.8 Å². The standard InChI is InChI=1S/C20H22FN3O/c21-14-11-9-13(10-12-14)18(25)20-23-17-8-4-3-7-16(17)19(24-20)22-15-5-1-2-6-15/h9-12,15H,1-8H2,(H,22,23,24). The van der Waals surface area contributed by atoms with Gasteiger partial charge in [-0.3, -0.25) is 4.79 Å². The fourth-order valence-corrected chi connectivity index (χ4v) is 3.81. The summed E-state index contributed by atoms with van der Waals surface area (Å²) in [6, 6.07) is 6.01. The first kappa shape index (κ1) is 16.2. The number of ketones is 1. The van der Waals surface area contributed by atoms with Crippen LogP contribution in [0.4, 0.5) is 10.2 Å². The molecule has 0 aliphatic heterocycles. The van der Waals surface area contributed by atoms with Crippen LogP contribution < -0.4 is 5.32 Å². The first-order valence-corrected chi connectivity index (χ1v) is 9.17. The molecule has 2 aliphatic carbocycles. The number of benzene rings is 1. The Hall–Kier alpha value is -2.30. The summed E-state index contributed by atoms with van der Waals surface area (Å²) < 4.78 is 13.1. The summed E-state index contributed by atoms with van der Waals surface area (Å²) in [6.07, 6.45) is 8.88. The number of nitrogens with zero attached hydrogens (tertiary/aromatic N) is 2. The van der Waals surface area contributed by atoms with Crippen molar-refractivity contribution in [3.8, 4) is 0 Å². The third kappa shape index (κ3) is 3.41. The summed E-state index contributed by atoms with van der Waals surface area (Å²) in [7, 11) is 0. The van der Waals surface area contributed by atoms with Crippen molar-refractivity contribution in [2.24, 2.45) is 0 Å². The molecule has 1 heterocycles. The van der Waals surface area contributed by atoms with E-state index in [0.717, 1.165) is 50.0 Å². The van der Waals surface area contributed by atoms with Crippen molar-refractivity contribution < 1.29 is 9.18 Å². The number of nitrogens with one attached hydrogen (secondary N) is 1. The molecule has 5 heteroatoms. The molecule has 0 saturated heterocycles. The molecule has 0 atom stereocenters. The van der Waals surface area contributed by atoms with E-state index in [9.17, 15) is 9.18 Å². The molecule has 1 aromatic heterocycles. The maximum Gasteiger partial charge on any atom is 0.230 e. The van der Waals surface area contributed by atoms with Gasteiger partial charge in [-0.15, -0.1) is 0 Å². The SMILES string of the molecule is O=C(c1ccc(F)cc1)c1nc2c(c(NC3CCCC3)n1)CCCC2. The first-order chi connectivity index (χ1) is 12.2. The molecule has 130 valence electrons. The first-order valence-electron chi connectivity index (χ1n) is 9.17. The van der Waals surface area contributed by atoms with Gasteiger partial charge in [-0.05, 0) is 62.8 Å². The lowest BCUT2D eigenvalue weighted by molar-refractivity contribution is 0.102. The number of hydrogen-bond donors (Lipinski definition) is 1. The highest BCUT2D eigenvalue weighted by molar-refractivity contribution is 6.06. The van der Waals surface area contributed by atoms with Crippen molar-refractivity contribution in [1.82, 2.24) is 9.97 Å². The van der Waals surface area contributed by atoms with Crippen LogP contribution in [-0.4, -0.2) is 21.8 Å². The summed E-state index contributed by atoms with van der Waals surface area (Å²) in [6.45, 7) is 0. The third-order valence-corrected chi connectivity index (χ3v) is 5.19. The highest BCUT2D eigenvalue weighted by Crippen LogP contribution is 2.29. The number of carbonyl (C=O) groups excluding carboxylic acids is 1. The molecule has 1 aromatic carbocycles. The van der Waals surface area contributed by atoms with Crippen LogP contribution in [0.5, 0.6) is 0 Å². The molecular weight excluding hydrogens is 317 g/mol. The van der Waals surface area contributed by atoms with Gasteiger partial charge in [0, 0.05) is 22.9 Å². The number of carbonyl (C=O) groups is 1. The average Bonchev–Trinajstić information content (AvgIpc) is 3.15. The summed E-state index contributed by atoms with van der Waals surface area (Å²) in [5.74, 6) is 0.448. The van der Waals surface area contributed by atoms with Gasteiger partial charge in [-0.2, -0.15) is 0 Å². The fraction of sp³-hybridized carbons (Fsp3) is 0.450. The normalized spacial score (nSPS) is 17.3. The molecule has 1 N–H and O–H groups in total. The summed E-state index contributed by atoms with van der Waals surface area (Å²) in [5.41, 5.74) is 2.59. The number of fused-ring (bicyclic) bond motifs is 1. The maximum absolute atomic E-state index is 13.1. The molecule has 1 fully saturated rings. The molecule has 4 rings (SSSR count). The lowest BCUT2D eigenvalue weighted by Crippen LogP contribution is -2.22. The largest absolute Gasteiger partial charge is 0.367 e. The molecule has 0 amide bonds. The van der Waals surface area contributed by atoms with E-state index < -0.39 is 0 Å².